The Morgan fingerprint density at radius 3 is 2.63 bits per heavy atom. The summed E-state index contributed by atoms with van der Waals surface area (Å²) in [5, 5.41) is 14.2. The summed E-state index contributed by atoms with van der Waals surface area (Å²) in [6.45, 7) is 3.65. The first-order valence-electron chi connectivity index (χ1n) is 5.81. The lowest BCUT2D eigenvalue weighted by atomic mass is 10.0. The Morgan fingerprint density at radius 2 is 2.16 bits per heavy atom. The fourth-order valence-corrected chi connectivity index (χ4v) is 1.56. The zero-order valence-electron chi connectivity index (χ0n) is 11.1. The van der Waals surface area contributed by atoms with Crippen LogP contribution in [-0.4, -0.2) is 27.6 Å². The maximum atomic E-state index is 12.0. The number of hydrogen-bond acceptors (Lipinski definition) is 4. The molecule has 1 heterocycles. The van der Waals surface area contributed by atoms with Crippen molar-refractivity contribution in [1.82, 2.24) is 9.88 Å². The molecule has 0 aliphatic heterocycles. The van der Waals surface area contributed by atoms with Crippen LogP contribution < -0.4 is 16.6 Å². The van der Waals surface area contributed by atoms with Crippen LogP contribution in [0.15, 0.2) is 28.3 Å². The molecule has 1 rings (SSSR count). The Kier molecular flexibility index (Phi) is 4.68. The van der Waals surface area contributed by atoms with E-state index in [2.05, 4.69) is 10.5 Å². The van der Waals surface area contributed by atoms with Crippen LogP contribution >= 0.6 is 0 Å². The molecule has 1 atom stereocenters. The van der Waals surface area contributed by atoms with Gasteiger partial charge < -0.3 is 20.8 Å². The molecule has 7 heteroatoms. The number of rotatable bonds is 4. The van der Waals surface area contributed by atoms with Gasteiger partial charge in [0.1, 0.15) is 0 Å². The van der Waals surface area contributed by atoms with Crippen molar-refractivity contribution in [2.24, 2.45) is 23.9 Å². The third kappa shape index (κ3) is 3.57. The molecule has 1 aromatic rings. The summed E-state index contributed by atoms with van der Waals surface area (Å²) >= 11 is 0. The highest BCUT2D eigenvalue weighted by Gasteiger charge is 2.21. The number of nitrogens with zero attached hydrogens (tertiary/aromatic N) is 2. The van der Waals surface area contributed by atoms with Crippen LogP contribution in [0.25, 0.3) is 0 Å². The molecule has 104 valence electrons. The van der Waals surface area contributed by atoms with E-state index in [0.717, 1.165) is 0 Å². The normalized spacial score (nSPS) is 13.4. The van der Waals surface area contributed by atoms with Crippen molar-refractivity contribution < 1.29 is 10.0 Å². The van der Waals surface area contributed by atoms with E-state index in [1.807, 2.05) is 13.8 Å². The summed E-state index contributed by atoms with van der Waals surface area (Å²) in [7, 11) is 1.59. The third-order valence-corrected chi connectivity index (χ3v) is 2.75. The first kappa shape index (κ1) is 14.7. The topological polar surface area (TPSA) is 110 Å². The molecule has 0 aliphatic carbocycles. The minimum absolute atomic E-state index is 0.0496. The summed E-state index contributed by atoms with van der Waals surface area (Å²) in [4.78, 5) is 23.4. The number of aromatic nitrogens is 1. The van der Waals surface area contributed by atoms with E-state index in [1.165, 1.54) is 22.9 Å². The van der Waals surface area contributed by atoms with E-state index >= 15 is 0 Å². The Morgan fingerprint density at radius 1 is 1.53 bits per heavy atom. The van der Waals surface area contributed by atoms with Crippen LogP contribution in [-0.2, 0) is 7.05 Å². The Bertz CT molecular complexity index is 548. The molecule has 19 heavy (non-hydrogen) atoms. The molecular formula is C12H18N4O3. The zero-order chi connectivity index (χ0) is 14.6. The maximum Gasteiger partial charge on any atom is 0.252 e. The van der Waals surface area contributed by atoms with Gasteiger partial charge in [-0.3, -0.25) is 9.59 Å². The molecule has 0 bridgehead atoms. The number of amides is 1. The van der Waals surface area contributed by atoms with E-state index in [1.54, 1.807) is 7.05 Å². The van der Waals surface area contributed by atoms with Gasteiger partial charge >= 0.3 is 0 Å². The van der Waals surface area contributed by atoms with Gasteiger partial charge in [0.25, 0.3) is 11.5 Å². The molecule has 0 aromatic carbocycles. The molecule has 4 N–H and O–H groups in total. The van der Waals surface area contributed by atoms with Crippen molar-refractivity contribution in [3.05, 3.63) is 34.2 Å². The SMILES string of the molecule is CC(C)C(NC(=O)c1ccn(C)c(=O)c1)/C(N)=N/O. The number of oxime groups is 1. The highest BCUT2D eigenvalue weighted by Crippen LogP contribution is 2.04. The Balaban J connectivity index is 2.94. The number of pyridine rings is 1. The molecule has 0 fully saturated rings. The second-order valence-electron chi connectivity index (χ2n) is 4.58. The highest BCUT2D eigenvalue weighted by molar-refractivity contribution is 5.98. The molecule has 7 nitrogen and oxygen atoms in total. The van der Waals surface area contributed by atoms with E-state index in [0.29, 0.717) is 0 Å². The van der Waals surface area contributed by atoms with E-state index in [4.69, 9.17) is 10.9 Å². The first-order chi connectivity index (χ1) is 8.86. The monoisotopic (exact) mass is 266 g/mol. The number of carbonyl (C=O) groups excluding carboxylic acids is 1. The van der Waals surface area contributed by atoms with Crippen molar-refractivity contribution in [2.75, 3.05) is 0 Å². The summed E-state index contributed by atoms with van der Waals surface area (Å²) < 4.78 is 1.36. The fraction of sp³-hybridized carbons (Fsp3) is 0.417. The summed E-state index contributed by atoms with van der Waals surface area (Å²) in [5.41, 5.74) is 5.47. The molecule has 1 aromatic heterocycles. The molecule has 0 saturated carbocycles. The molecule has 0 aliphatic rings. The van der Waals surface area contributed by atoms with Crippen LogP contribution in [0, 0.1) is 5.92 Å². The lowest BCUT2D eigenvalue weighted by Crippen LogP contribution is -2.48. The number of aryl methyl sites for hydroxylation is 1. The first-order valence-corrected chi connectivity index (χ1v) is 5.81. The fourth-order valence-electron chi connectivity index (χ4n) is 1.56. The number of nitrogens with one attached hydrogen (secondary N) is 1. The smallest absolute Gasteiger partial charge is 0.252 e. The lowest BCUT2D eigenvalue weighted by molar-refractivity contribution is 0.0938. The molecule has 0 spiro atoms. The predicted octanol–water partition coefficient (Wildman–Crippen LogP) is -0.114. The van der Waals surface area contributed by atoms with Crippen molar-refractivity contribution >= 4 is 11.7 Å². The minimum Gasteiger partial charge on any atom is -0.409 e. The predicted molar refractivity (Wildman–Crippen MR) is 71.2 cm³/mol. The van der Waals surface area contributed by atoms with Gasteiger partial charge in [0, 0.05) is 24.9 Å². The minimum atomic E-state index is -0.596. The van der Waals surface area contributed by atoms with E-state index in [-0.39, 0.29) is 22.9 Å². The van der Waals surface area contributed by atoms with Gasteiger partial charge in [-0.2, -0.15) is 0 Å². The summed E-state index contributed by atoms with van der Waals surface area (Å²) in [6.07, 6.45) is 1.51. The van der Waals surface area contributed by atoms with E-state index in [9.17, 15) is 9.59 Å². The average Bonchev–Trinajstić information content (AvgIpc) is 2.37. The number of nitrogens with two attached hydrogens (primary N) is 1. The van der Waals surface area contributed by atoms with Crippen molar-refractivity contribution in [3.63, 3.8) is 0 Å². The van der Waals surface area contributed by atoms with Crippen molar-refractivity contribution in [2.45, 2.75) is 19.9 Å². The molecule has 1 amide bonds. The van der Waals surface area contributed by atoms with Crippen LogP contribution in [0.3, 0.4) is 0 Å². The van der Waals surface area contributed by atoms with Crippen LogP contribution in [0.1, 0.15) is 24.2 Å². The van der Waals surface area contributed by atoms with Gasteiger partial charge in [0.05, 0.1) is 6.04 Å². The number of hydrogen-bond donors (Lipinski definition) is 3. The van der Waals surface area contributed by atoms with Crippen LogP contribution in [0.5, 0.6) is 0 Å². The Hall–Kier alpha value is -2.31. The Labute approximate surface area is 110 Å². The lowest BCUT2D eigenvalue weighted by Gasteiger charge is -2.20. The average molecular weight is 266 g/mol. The van der Waals surface area contributed by atoms with Crippen molar-refractivity contribution in [1.29, 1.82) is 0 Å². The molecular weight excluding hydrogens is 248 g/mol. The van der Waals surface area contributed by atoms with Gasteiger partial charge in [-0.05, 0) is 12.0 Å². The second-order valence-corrected chi connectivity index (χ2v) is 4.58. The second kappa shape index (κ2) is 6.03. The van der Waals surface area contributed by atoms with Crippen molar-refractivity contribution in [3.8, 4) is 0 Å². The van der Waals surface area contributed by atoms with Gasteiger partial charge in [-0.1, -0.05) is 19.0 Å². The number of carbonyl (C=O) groups is 1. The van der Waals surface area contributed by atoms with Gasteiger partial charge in [-0.15, -0.1) is 0 Å². The maximum absolute atomic E-state index is 12.0. The summed E-state index contributed by atoms with van der Waals surface area (Å²) in [5.74, 6) is -0.568. The third-order valence-electron chi connectivity index (χ3n) is 2.75. The molecule has 0 radical (unpaired) electrons. The zero-order valence-corrected chi connectivity index (χ0v) is 11.1. The largest absolute Gasteiger partial charge is 0.409 e. The summed E-state index contributed by atoms with van der Waals surface area (Å²) in [6, 6.07) is 2.17. The van der Waals surface area contributed by atoms with Crippen LogP contribution in [0.2, 0.25) is 0 Å². The van der Waals surface area contributed by atoms with Crippen LogP contribution in [0.4, 0.5) is 0 Å². The van der Waals surface area contributed by atoms with Gasteiger partial charge in [-0.25, -0.2) is 0 Å². The standard InChI is InChI=1S/C12H18N4O3/c1-7(2)10(11(13)15-19)14-12(18)8-4-5-16(3)9(17)6-8/h4-7,10,19H,1-3H3,(H2,13,15)(H,14,18). The number of amidine groups is 1. The highest BCUT2D eigenvalue weighted by atomic mass is 16.4. The molecule has 0 saturated heterocycles. The molecule has 1 unspecified atom stereocenters. The van der Waals surface area contributed by atoms with Gasteiger partial charge in [0.15, 0.2) is 5.84 Å². The quantitative estimate of drug-likeness (QED) is 0.305. The van der Waals surface area contributed by atoms with E-state index < -0.39 is 11.9 Å². The van der Waals surface area contributed by atoms with Gasteiger partial charge in [0.2, 0.25) is 0 Å².